The monoisotopic (exact) mass is 562 g/mol. The highest BCUT2D eigenvalue weighted by molar-refractivity contribution is 6.01. The molecule has 12 heteroatoms. The molecule has 0 saturated carbocycles. The number of hydrogen-bond donors (Lipinski definition) is 2. The lowest BCUT2D eigenvalue weighted by molar-refractivity contribution is -0.138. The van der Waals surface area contributed by atoms with Gasteiger partial charge in [0.15, 0.2) is 12.4 Å². The van der Waals surface area contributed by atoms with E-state index in [1.54, 1.807) is 24.3 Å². The van der Waals surface area contributed by atoms with Crippen molar-refractivity contribution in [3.63, 3.8) is 0 Å². The number of nitrogens with zero attached hydrogens (tertiary/aromatic N) is 6. The van der Waals surface area contributed by atoms with Gasteiger partial charge in [0, 0.05) is 37.2 Å². The summed E-state index contributed by atoms with van der Waals surface area (Å²) in [6.07, 6.45) is 2.43. The van der Waals surface area contributed by atoms with Crippen LogP contribution in [0.25, 0.3) is 11.3 Å². The molecule has 2 aromatic heterocycles. The highest BCUT2D eigenvalue weighted by atomic mass is 19.1. The Morgan fingerprint density at radius 3 is 2.85 bits per heavy atom. The van der Waals surface area contributed by atoms with Crippen molar-refractivity contribution in [1.82, 2.24) is 30.1 Å². The summed E-state index contributed by atoms with van der Waals surface area (Å²) in [6.45, 7) is 2.98. The zero-order valence-electron chi connectivity index (χ0n) is 23.7. The van der Waals surface area contributed by atoms with Gasteiger partial charge in [0.1, 0.15) is 5.82 Å². The molecule has 2 unspecified atom stereocenters. The highest BCUT2D eigenvalue weighted by Gasteiger charge is 2.31. The van der Waals surface area contributed by atoms with Gasteiger partial charge in [-0.15, -0.1) is 0 Å². The SMILES string of the molecule is COc1cccc(-c2cc(F)ccc2C2Cc3nc(N)nc(C)c3C(=NOCC(=O)N3CCCC(N(C)C)C3)N2)n1. The number of ether oxygens (including phenoxy) is 1. The summed E-state index contributed by atoms with van der Waals surface area (Å²) < 4.78 is 19.8. The molecule has 2 aliphatic rings. The third kappa shape index (κ3) is 6.22. The normalized spacial score (nSPS) is 19.6. The molecule has 0 bridgehead atoms. The van der Waals surface area contributed by atoms with Gasteiger partial charge in [-0.1, -0.05) is 17.3 Å². The van der Waals surface area contributed by atoms with Crippen LogP contribution in [-0.2, 0) is 16.1 Å². The number of hydrogen-bond acceptors (Lipinski definition) is 9. The maximum Gasteiger partial charge on any atom is 0.263 e. The van der Waals surface area contributed by atoms with Crippen molar-refractivity contribution in [2.24, 2.45) is 5.16 Å². The summed E-state index contributed by atoms with van der Waals surface area (Å²) >= 11 is 0. The summed E-state index contributed by atoms with van der Waals surface area (Å²) in [4.78, 5) is 35.8. The Kier molecular flexibility index (Phi) is 8.29. The van der Waals surface area contributed by atoms with Crippen LogP contribution in [0.3, 0.4) is 0 Å². The summed E-state index contributed by atoms with van der Waals surface area (Å²) in [5, 5.41) is 7.76. The number of aryl methyl sites for hydroxylation is 1. The van der Waals surface area contributed by atoms with E-state index in [-0.39, 0.29) is 24.5 Å². The number of fused-ring (bicyclic) bond motifs is 1. The molecule has 2 atom stereocenters. The number of likely N-dealkylation sites (tertiary alicyclic amines) is 1. The minimum atomic E-state index is -0.392. The van der Waals surface area contributed by atoms with Crippen LogP contribution < -0.4 is 15.8 Å². The number of aromatic nitrogens is 3. The number of nitrogen functional groups attached to an aromatic ring is 1. The molecule has 3 aromatic rings. The van der Waals surface area contributed by atoms with Crippen LogP contribution in [0.15, 0.2) is 41.6 Å². The summed E-state index contributed by atoms with van der Waals surface area (Å²) in [7, 11) is 5.58. The number of nitrogens with one attached hydrogen (secondary N) is 1. The number of amidine groups is 1. The first-order valence-corrected chi connectivity index (χ1v) is 13.6. The fourth-order valence-corrected chi connectivity index (χ4v) is 5.43. The van der Waals surface area contributed by atoms with E-state index in [9.17, 15) is 9.18 Å². The van der Waals surface area contributed by atoms with Crippen LogP contribution in [0, 0.1) is 12.7 Å². The van der Waals surface area contributed by atoms with E-state index in [1.165, 1.54) is 19.2 Å². The first-order valence-electron chi connectivity index (χ1n) is 13.6. The van der Waals surface area contributed by atoms with Gasteiger partial charge < -0.3 is 30.4 Å². The number of benzene rings is 1. The fraction of sp³-hybridized carbons (Fsp3) is 0.414. The number of rotatable bonds is 7. The fourth-order valence-electron chi connectivity index (χ4n) is 5.43. The molecule has 2 aliphatic heterocycles. The molecule has 5 rings (SSSR count). The molecule has 216 valence electrons. The van der Waals surface area contributed by atoms with Gasteiger partial charge in [-0.25, -0.2) is 19.3 Å². The zero-order valence-corrected chi connectivity index (χ0v) is 23.7. The number of anilines is 1. The Labute approximate surface area is 238 Å². The number of likely N-dealkylation sites (N-methyl/N-ethyl adjacent to an activating group) is 1. The van der Waals surface area contributed by atoms with Crippen LogP contribution in [0.2, 0.25) is 0 Å². The number of methoxy groups -OCH3 is 1. The lowest BCUT2D eigenvalue weighted by atomic mass is 9.90. The minimum Gasteiger partial charge on any atom is -0.481 e. The summed E-state index contributed by atoms with van der Waals surface area (Å²) in [6, 6.07) is 9.84. The van der Waals surface area contributed by atoms with Crippen molar-refractivity contribution in [3.05, 3.63) is 64.7 Å². The van der Waals surface area contributed by atoms with Crippen molar-refractivity contribution in [1.29, 1.82) is 0 Å². The van der Waals surface area contributed by atoms with Gasteiger partial charge in [0.25, 0.3) is 5.91 Å². The molecular formula is C29H35FN8O3. The Morgan fingerprint density at radius 2 is 2.07 bits per heavy atom. The van der Waals surface area contributed by atoms with Crippen molar-refractivity contribution in [2.75, 3.05) is 46.6 Å². The number of oxime groups is 1. The standard InChI is InChI=1S/C29H35FN8O3/c1-17-27-24(35-29(31)32-17)14-23(20-11-10-18(30)13-21(20)22-8-5-9-25(33-22)40-4)34-28(27)36-41-16-26(39)38-12-6-7-19(15-38)37(2)3/h5,8-11,13,19,23H,6-7,12,14-16H2,1-4H3,(H,34,36)(H2,31,32,35). The van der Waals surface area contributed by atoms with Crippen LogP contribution in [0.1, 0.15) is 41.4 Å². The molecule has 1 amide bonds. The van der Waals surface area contributed by atoms with Gasteiger partial charge in [0.05, 0.1) is 35.8 Å². The molecule has 41 heavy (non-hydrogen) atoms. The number of carbonyl (C=O) groups excluding carboxylic acids is 1. The second kappa shape index (κ2) is 12.0. The van der Waals surface area contributed by atoms with Crippen molar-refractivity contribution in [2.45, 2.75) is 38.3 Å². The predicted molar refractivity (Wildman–Crippen MR) is 153 cm³/mol. The van der Waals surface area contributed by atoms with E-state index in [0.717, 1.165) is 18.4 Å². The maximum absolute atomic E-state index is 14.5. The molecule has 0 spiro atoms. The Morgan fingerprint density at radius 1 is 1.24 bits per heavy atom. The van der Waals surface area contributed by atoms with E-state index in [2.05, 4.69) is 30.3 Å². The Hall–Kier alpha value is -4.32. The number of amides is 1. The highest BCUT2D eigenvalue weighted by Crippen LogP contribution is 2.34. The van der Waals surface area contributed by atoms with Crippen LogP contribution in [0.4, 0.5) is 10.3 Å². The lowest BCUT2D eigenvalue weighted by Crippen LogP contribution is -2.48. The van der Waals surface area contributed by atoms with Crippen LogP contribution >= 0.6 is 0 Å². The molecule has 11 nitrogen and oxygen atoms in total. The average Bonchev–Trinajstić information content (AvgIpc) is 2.96. The first-order chi connectivity index (χ1) is 19.7. The number of halogens is 1. The molecule has 0 radical (unpaired) electrons. The zero-order chi connectivity index (χ0) is 29.1. The topological polar surface area (TPSA) is 131 Å². The Balaban J connectivity index is 1.44. The van der Waals surface area contributed by atoms with E-state index in [0.29, 0.717) is 65.5 Å². The van der Waals surface area contributed by atoms with E-state index >= 15 is 0 Å². The molecule has 3 N–H and O–H groups in total. The van der Waals surface area contributed by atoms with Crippen LogP contribution in [0.5, 0.6) is 5.88 Å². The maximum atomic E-state index is 14.5. The molecule has 4 heterocycles. The van der Waals surface area contributed by atoms with E-state index in [4.69, 9.17) is 15.3 Å². The third-order valence-corrected chi connectivity index (χ3v) is 7.55. The quantitative estimate of drug-likeness (QED) is 0.417. The molecule has 1 aromatic carbocycles. The molecule has 1 fully saturated rings. The third-order valence-electron chi connectivity index (χ3n) is 7.55. The minimum absolute atomic E-state index is 0.122. The van der Waals surface area contributed by atoms with E-state index < -0.39 is 5.82 Å². The second-order valence-corrected chi connectivity index (χ2v) is 10.5. The Bertz CT molecular complexity index is 1460. The number of pyridine rings is 1. The van der Waals surface area contributed by atoms with E-state index in [1.807, 2.05) is 25.9 Å². The van der Waals surface area contributed by atoms with Gasteiger partial charge in [0.2, 0.25) is 11.8 Å². The second-order valence-electron chi connectivity index (χ2n) is 10.5. The van der Waals surface area contributed by atoms with Gasteiger partial charge >= 0.3 is 0 Å². The van der Waals surface area contributed by atoms with Gasteiger partial charge in [-0.2, -0.15) is 0 Å². The lowest BCUT2D eigenvalue weighted by Gasteiger charge is -2.35. The van der Waals surface area contributed by atoms with Crippen molar-refractivity contribution in [3.8, 4) is 17.1 Å². The predicted octanol–water partition coefficient (Wildman–Crippen LogP) is 2.69. The number of nitrogens with two attached hydrogens (primary N) is 1. The average molecular weight is 563 g/mol. The largest absolute Gasteiger partial charge is 0.481 e. The summed E-state index contributed by atoms with van der Waals surface area (Å²) in [5.74, 6) is 0.425. The van der Waals surface area contributed by atoms with Crippen LogP contribution in [-0.4, -0.2) is 83.4 Å². The number of piperidine rings is 1. The molecule has 1 saturated heterocycles. The van der Waals surface area contributed by atoms with Gasteiger partial charge in [-0.05, 0) is 57.6 Å². The van der Waals surface area contributed by atoms with Crippen molar-refractivity contribution >= 4 is 17.7 Å². The van der Waals surface area contributed by atoms with Crippen molar-refractivity contribution < 1.29 is 18.8 Å². The first kappa shape index (κ1) is 28.2. The number of carbonyl (C=O) groups is 1. The van der Waals surface area contributed by atoms with Gasteiger partial charge in [-0.3, -0.25) is 4.79 Å². The summed E-state index contributed by atoms with van der Waals surface area (Å²) in [5.41, 5.74) is 9.90. The molecular weight excluding hydrogens is 527 g/mol. The molecule has 0 aliphatic carbocycles. The smallest absolute Gasteiger partial charge is 0.263 e.